The smallest absolute Gasteiger partial charge is 0.262 e. The van der Waals surface area contributed by atoms with E-state index in [2.05, 4.69) is 0 Å². The van der Waals surface area contributed by atoms with Crippen molar-refractivity contribution in [1.29, 1.82) is 0 Å². The lowest BCUT2D eigenvalue weighted by Gasteiger charge is -2.28. The zero-order valence-corrected chi connectivity index (χ0v) is 13.9. The number of rotatable bonds is 5. The zero-order valence-electron chi connectivity index (χ0n) is 11.6. The Morgan fingerprint density at radius 2 is 1.95 bits per heavy atom. The molecule has 0 aliphatic rings. The van der Waals surface area contributed by atoms with E-state index in [0.717, 1.165) is 6.42 Å². The Hall–Kier alpha value is -0.780. The molecule has 1 atom stereocenters. The fourth-order valence-electron chi connectivity index (χ4n) is 1.93. The molecule has 1 unspecified atom stereocenters. The summed E-state index contributed by atoms with van der Waals surface area (Å²) in [7, 11) is 1.35. The standard InChI is InChI=1S/C13H17Cl2NO3S/c1-4-9(3)16(5-2)13(17)12-10(14)7-6-8-11(12)20(15,18)19/h6-9H,4-5H2,1-3H3. The van der Waals surface area contributed by atoms with Crippen molar-refractivity contribution in [3.05, 3.63) is 28.8 Å². The molecule has 0 N–H and O–H groups in total. The summed E-state index contributed by atoms with van der Waals surface area (Å²) in [4.78, 5) is 13.9. The van der Waals surface area contributed by atoms with Gasteiger partial charge in [-0.3, -0.25) is 4.79 Å². The number of halogens is 2. The number of nitrogens with zero attached hydrogens (tertiary/aromatic N) is 1. The van der Waals surface area contributed by atoms with Gasteiger partial charge in [0.15, 0.2) is 0 Å². The highest BCUT2D eigenvalue weighted by Gasteiger charge is 2.28. The topological polar surface area (TPSA) is 54.5 Å². The first kappa shape index (κ1) is 17.3. The highest BCUT2D eigenvalue weighted by atomic mass is 35.7. The van der Waals surface area contributed by atoms with Crippen molar-refractivity contribution < 1.29 is 13.2 Å². The van der Waals surface area contributed by atoms with E-state index in [1.54, 1.807) is 4.90 Å². The third-order valence-electron chi connectivity index (χ3n) is 3.18. The number of carbonyl (C=O) groups is 1. The summed E-state index contributed by atoms with van der Waals surface area (Å²) in [5.41, 5.74) is -0.0636. The van der Waals surface area contributed by atoms with Crippen LogP contribution in [-0.4, -0.2) is 31.8 Å². The van der Waals surface area contributed by atoms with E-state index in [9.17, 15) is 13.2 Å². The van der Waals surface area contributed by atoms with Crippen molar-refractivity contribution in [2.45, 2.75) is 38.1 Å². The van der Waals surface area contributed by atoms with Crippen LogP contribution in [0.15, 0.2) is 23.1 Å². The van der Waals surface area contributed by atoms with Gasteiger partial charge in [0.1, 0.15) is 0 Å². The number of amides is 1. The highest BCUT2D eigenvalue weighted by Crippen LogP contribution is 2.28. The molecule has 0 fully saturated rings. The van der Waals surface area contributed by atoms with Crippen molar-refractivity contribution in [3.8, 4) is 0 Å². The van der Waals surface area contributed by atoms with E-state index in [1.165, 1.54) is 18.2 Å². The van der Waals surface area contributed by atoms with Crippen LogP contribution in [0.4, 0.5) is 0 Å². The molecule has 0 saturated heterocycles. The Kier molecular flexibility index (Phi) is 5.86. The minimum atomic E-state index is -4.03. The van der Waals surface area contributed by atoms with Gasteiger partial charge in [-0.2, -0.15) is 0 Å². The minimum absolute atomic E-state index is 0.0188. The van der Waals surface area contributed by atoms with Crippen molar-refractivity contribution in [1.82, 2.24) is 4.90 Å². The maximum absolute atomic E-state index is 12.6. The maximum Gasteiger partial charge on any atom is 0.262 e. The van der Waals surface area contributed by atoms with Gasteiger partial charge in [-0.25, -0.2) is 8.42 Å². The molecule has 112 valence electrons. The van der Waals surface area contributed by atoms with Crippen LogP contribution in [0.25, 0.3) is 0 Å². The van der Waals surface area contributed by atoms with Gasteiger partial charge in [0.2, 0.25) is 0 Å². The van der Waals surface area contributed by atoms with Crippen LogP contribution < -0.4 is 0 Å². The SMILES string of the molecule is CCC(C)N(CC)C(=O)c1c(Cl)cccc1S(=O)(=O)Cl. The van der Waals surface area contributed by atoms with Gasteiger partial charge in [0, 0.05) is 23.3 Å². The molecule has 0 spiro atoms. The van der Waals surface area contributed by atoms with Crippen molar-refractivity contribution in [3.63, 3.8) is 0 Å². The van der Waals surface area contributed by atoms with Crippen LogP contribution in [0.3, 0.4) is 0 Å². The lowest BCUT2D eigenvalue weighted by molar-refractivity contribution is 0.0696. The number of hydrogen-bond acceptors (Lipinski definition) is 3. The van der Waals surface area contributed by atoms with Crippen LogP contribution in [-0.2, 0) is 9.05 Å². The van der Waals surface area contributed by atoms with Gasteiger partial charge in [0.05, 0.1) is 15.5 Å². The third kappa shape index (κ3) is 3.65. The summed E-state index contributed by atoms with van der Waals surface area (Å²) >= 11 is 6.01. The Bertz CT molecular complexity index is 602. The van der Waals surface area contributed by atoms with Crippen LogP contribution >= 0.6 is 22.3 Å². The average molecular weight is 338 g/mol. The number of benzene rings is 1. The first-order valence-corrected chi connectivity index (χ1v) is 8.96. The molecule has 7 heteroatoms. The molecule has 0 aliphatic heterocycles. The first-order chi connectivity index (χ1) is 9.23. The molecule has 4 nitrogen and oxygen atoms in total. The summed E-state index contributed by atoms with van der Waals surface area (Å²) in [5, 5.41) is 0.0819. The lowest BCUT2D eigenvalue weighted by Crippen LogP contribution is -2.38. The van der Waals surface area contributed by atoms with E-state index in [0.29, 0.717) is 6.54 Å². The Balaban J connectivity index is 3.42. The summed E-state index contributed by atoms with van der Waals surface area (Å²) in [6.45, 7) is 6.14. The van der Waals surface area contributed by atoms with Crippen molar-refractivity contribution >= 4 is 37.2 Å². The summed E-state index contributed by atoms with van der Waals surface area (Å²) in [6, 6.07) is 4.19. The van der Waals surface area contributed by atoms with E-state index in [-0.39, 0.29) is 21.5 Å². The molecule has 1 rings (SSSR count). The van der Waals surface area contributed by atoms with E-state index in [4.69, 9.17) is 22.3 Å². The van der Waals surface area contributed by atoms with Gasteiger partial charge in [0.25, 0.3) is 15.0 Å². The minimum Gasteiger partial charge on any atom is -0.336 e. The van der Waals surface area contributed by atoms with E-state index < -0.39 is 15.0 Å². The fourth-order valence-corrected chi connectivity index (χ4v) is 3.31. The second-order valence-corrected chi connectivity index (χ2v) is 7.34. The Morgan fingerprint density at radius 1 is 1.35 bits per heavy atom. The molecule has 0 heterocycles. The summed E-state index contributed by atoms with van der Waals surface area (Å²) in [6.07, 6.45) is 0.757. The summed E-state index contributed by atoms with van der Waals surface area (Å²) in [5.74, 6) is -0.424. The quantitative estimate of drug-likeness (QED) is 0.772. The van der Waals surface area contributed by atoms with Crippen LogP contribution in [0, 0.1) is 0 Å². The number of hydrogen-bond donors (Lipinski definition) is 0. The second-order valence-electron chi connectivity index (χ2n) is 4.40. The van der Waals surface area contributed by atoms with Gasteiger partial charge in [-0.05, 0) is 32.4 Å². The Morgan fingerprint density at radius 3 is 2.40 bits per heavy atom. The molecule has 1 aromatic rings. The predicted octanol–water partition coefficient (Wildman–Crippen LogP) is 3.53. The van der Waals surface area contributed by atoms with Crippen molar-refractivity contribution in [2.75, 3.05) is 6.54 Å². The molecule has 0 aromatic heterocycles. The van der Waals surface area contributed by atoms with Gasteiger partial charge in [-0.1, -0.05) is 24.6 Å². The molecular weight excluding hydrogens is 321 g/mol. The molecule has 1 aromatic carbocycles. The molecule has 0 bridgehead atoms. The highest BCUT2D eigenvalue weighted by molar-refractivity contribution is 8.13. The molecule has 0 aliphatic carbocycles. The molecule has 0 saturated carbocycles. The summed E-state index contributed by atoms with van der Waals surface area (Å²) < 4.78 is 23.2. The lowest BCUT2D eigenvalue weighted by atomic mass is 10.1. The third-order valence-corrected chi connectivity index (χ3v) is 4.86. The second kappa shape index (κ2) is 6.78. The molecule has 0 radical (unpaired) electrons. The maximum atomic E-state index is 12.6. The van der Waals surface area contributed by atoms with Gasteiger partial charge < -0.3 is 4.90 Å². The molecule has 20 heavy (non-hydrogen) atoms. The van der Waals surface area contributed by atoms with Crippen molar-refractivity contribution in [2.24, 2.45) is 0 Å². The van der Waals surface area contributed by atoms with Gasteiger partial charge in [-0.15, -0.1) is 0 Å². The largest absolute Gasteiger partial charge is 0.336 e. The average Bonchev–Trinajstić information content (AvgIpc) is 2.37. The van der Waals surface area contributed by atoms with Crippen LogP contribution in [0.2, 0.25) is 5.02 Å². The Labute approximate surface area is 129 Å². The van der Waals surface area contributed by atoms with Gasteiger partial charge >= 0.3 is 0 Å². The molecule has 1 amide bonds. The zero-order chi connectivity index (χ0) is 15.5. The number of carbonyl (C=O) groups excluding carboxylic acids is 1. The predicted molar refractivity (Wildman–Crippen MR) is 81.0 cm³/mol. The van der Waals surface area contributed by atoms with E-state index >= 15 is 0 Å². The van der Waals surface area contributed by atoms with Crippen LogP contribution in [0.5, 0.6) is 0 Å². The van der Waals surface area contributed by atoms with E-state index in [1.807, 2.05) is 20.8 Å². The van der Waals surface area contributed by atoms with Crippen LogP contribution in [0.1, 0.15) is 37.6 Å². The monoisotopic (exact) mass is 337 g/mol. The normalized spacial score (nSPS) is 13.1. The molecular formula is C13H17Cl2NO3S. The fraction of sp³-hybridized carbons (Fsp3) is 0.462. The first-order valence-electron chi connectivity index (χ1n) is 6.28.